The Kier molecular flexibility index (Phi) is 4.75. The Bertz CT molecular complexity index is 352. The Labute approximate surface area is 111 Å². The van der Waals surface area contributed by atoms with Crippen LogP contribution in [0.25, 0.3) is 0 Å². The van der Waals surface area contributed by atoms with Gasteiger partial charge in [0.2, 0.25) is 0 Å². The molecule has 3 heteroatoms. The summed E-state index contributed by atoms with van der Waals surface area (Å²) in [5, 5.41) is 0. The SMILES string of the molecule is CC(c1ccccc1)N1CCN(C)CC1CCN. The number of nitrogens with two attached hydrogens (primary N) is 1. The first-order valence-electron chi connectivity index (χ1n) is 6.91. The Morgan fingerprint density at radius 1 is 1.28 bits per heavy atom. The lowest BCUT2D eigenvalue weighted by atomic mass is 10.0. The van der Waals surface area contributed by atoms with E-state index in [1.807, 2.05) is 0 Å². The van der Waals surface area contributed by atoms with Crippen molar-refractivity contribution in [3.05, 3.63) is 35.9 Å². The van der Waals surface area contributed by atoms with Gasteiger partial charge in [-0.05, 0) is 32.5 Å². The van der Waals surface area contributed by atoms with Crippen LogP contribution in [0, 0.1) is 0 Å². The fourth-order valence-corrected chi connectivity index (χ4v) is 2.91. The van der Waals surface area contributed by atoms with Crippen molar-refractivity contribution in [2.75, 3.05) is 33.2 Å². The third-order valence-electron chi connectivity index (χ3n) is 4.01. The van der Waals surface area contributed by atoms with Crippen LogP contribution in [-0.4, -0.2) is 49.1 Å². The zero-order valence-electron chi connectivity index (χ0n) is 11.5. The van der Waals surface area contributed by atoms with Gasteiger partial charge in [0.05, 0.1) is 0 Å². The van der Waals surface area contributed by atoms with Crippen molar-refractivity contribution in [2.45, 2.75) is 25.4 Å². The molecule has 0 amide bonds. The molecule has 2 N–H and O–H groups in total. The highest BCUT2D eigenvalue weighted by molar-refractivity contribution is 5.18. The molecule has 0 spiro atoms. The van der Waals surface area contributed by atoms with Crippen LogP contribution in [0.1, 0.15) is 24.9 Å². The second-order valence-corrected chi connectivity index (χ2v) is 5.32. The van der Waals surface area contributed by atoms with Gasteiger partial charge in [-0.25, -0.2) is 0 Å². The highest BCUT2D eigenvalue weighted by Crippen LogP contribution is 2.25. The quantitative estimate of drug-likeness (QED) is 0.879. The van der Waals surface area contributed by atoms with Crippen LogP contribution in [-0.2, 0) is 0 Å². The summed E-state index contributed by atoms with van der Waals surface area (Å²) in [5.74, 6) is 0. The molecule has 1 aromatic rings. The van der Waals surface area contributed by atoms with Crippen LogP contribution in [0.15, 0.2) is 30.3 Å². The molecule has 1 aliphatic heterocycles. The summed E-state index contributed by atoms with van der Waals surface area (Å²) in [5.41, 5.74) is 7.17. The third-order valence-corrected chi connectivity index (χ3v) is 4.01. The largest absolute Gasteiger partial charge is 0.330 e. The number of rotatable bonds is 4. The Morgan fingerprint density at radius 3 is 2.67 bits per heavy atom. The first-order valence-corrected chi connectivity index (χ1v) is 6.91. The van der Waals surface area contributed by atoms with E-state index in [1.54, 1.807) is 0 Å². The average molecular weight is 247 g/mol. The normalized spacial score (nSPS) is 24.1. The fourth-order valence-electron chi connectivity index (χ4n) is 2.91. The number of nitrogens with zero attached hydrogens (tertiary/aromatic N) is 2. The molecular formula is C15H25N3. The van der Waals surface area contributed by atoms with Crippen molar-refractivity contribution in [3.8, 4) is 0 Å². The molecule has 2 rings (SSSR count). The van der Waals surface area contributed by atoms with Crippen LogP contribution < -0.4 is 5.73 Å². The van der Waals surface area contributed by atoms with Gasteiger partial charge >= 0.3 is 0 Å². The van der Waals surface area contributed by atoms with Gasteiger partial charge in [0, 0.05) is 31.7 Å². The lowest BCUT2D eigenvalue weighted by Gasteiger charge is -2.43. The summed E-state index contributed by atoms with van der Waals surface area (Å²) in [7, 11) is 2.20. The average Bonchev–Trinajstić information content (AvgIpc) is 2.40. The molecule has 3 nitrogen and oxygen atoms in total. The van der Waals surface area contributed by atoms with Crippen molar-refractivity contribution in [1.82, 2.24) is 9.80 Å². The zero-order chi connectivity index (χ0) is 13.0. The van der Waals surface area contributed by atoms with Gasteiger partial charge < -0.3 is 10.6 Å². The van der Waals surface area contributed by atoms with Crippen LogP contribution in [0.3, 0.4) is 0 Å². The van der Waals surface area contributed by atoms with Crippen molar-refractivity contribution in [1.29, 1.82) is 0 Å². The van der Waals surface area contributed by atoms with E-state index in [1.165, 1.54) is 5.56 Å². The molecular weight excluding hydrogens is 222 g/mol. The smallest absolute Gasteiger partial charge is 0.0323 e. The van der Waals surface area contributed by atoms with E-state index < -0.39 is 0 Å². The van der Waals surface area contributed by atoms with Crippen LogP contribution in [0.4, 0.5) is 0 Å². The predicted octanol–water partition coefficient (Wildman–Crippen LogP) is 1.71. The van der Waals surface area contributed by atoms with E-state index in [-0.39, 0.29) is 0 Å². The molecule has 1 saturated heterocycles. The van der Waals surface area contributed by atoms with E-state index in [0.717, 1.165) is 32.6 Å². The topological polar surface area (TPSA) is 32.5 Å². The zero-order valence-corrected chi connectivity index (χ0v) is 11.5. The van der Waals surface area contributed by atoms with Crippen molar-refractivity contribution in [3.63, 3.8) is 0 Å². The summed E-state index contributed by atoms with van der Waals surface area (Å²) in [4.78, 5) is 5.02. The van der Waals surface area contributed by atoms with Crippen LogP contribution >= 0.6 is 0 Å². The Hall–Kier alpha value is -0.900. The van der Waals surface area contributed by atoms with E-state index in [9.17, 15) is 0 Å². The highest BCUT2D eigenvalue weighted by atomic mass is 15.3. The van der Waals surface area contributed by atoms with E-state index in [2.05, 4.69) is 54.1 Å². The number of likely N-dealkylation sites (N-methyl/N-ethyl adjacent to an activating group) is 1. The van der Waals surface area contributed by atoms with E-state index in [4.69, 9.17) is 5.73 Å². The monoisotopic (exact) mass is 247 g/mol. The van der Waals surface area contributed by atoms with E-state index >= 15 is 0 Å². The number of hydrogen-bond donors (Lipinski definition) is 1. The lowest BCUT2D eigenvalue weighted by molar-refractivity contribution is 0.0544. The Morgan fingerprint density at radius 2 is 2.00 bits per heavy atom. The minimum Gasteiger partial charge on any atom is -0.330 e. The molecule has 2 atom stereocenters. The maximum absolute atomic E-state index is 5.76. The van der Waals surface area contributed by atoms with Crippen molar-refractivity contribution >= 4 is 0 Å². The number of benzene rings is 1. The van der Waals surface area contributed by atoms with Crippen molar-refractivity contribution < 1.29 is 0 Å². The summed E-state index contributed by atoms with van der Waals surface area (Å²) in [6.07, 6.45) is 1.08. The van der Waals surface area contributed by atoms with Gasteiger partial charge in [0.15, 0.2) is 0 Å². The summed E-state index contributed by atoms with van der Waals surface area (Å²) in [6.45, 7) is 6.50. The number of piperazine rings is 1. The summed E-state index contributed by atoms with van der Waals surface area (Å²) >= 11 is 0. The number of hydrogen-bond acceptors (Lipinski definition) is 3. The first-order chi connectivity index (χ1) is 8.72. The van der Waals surface area contributed by atoms with Gasteiger partial charge in [-0.3, -0.25) is 4.90 Å². The molecule has 1 heterocycles. The second kappa shape index (κ2) is 6.32. The molecule has 0 aliphatic carbocycles. The fraction of sp³-hybridized carbons (Fsp3) is 0.600. The molecule has 0 aromatic heterocycles. The van der Waals surface area contributed by atoms with Crippen LogP contribution in [0.2, 0.25) is 0 Å². The minimum absolute atomic E-state index is 0.483. The molecule has 0 saturated carbocycles. The minimum atomic E-state index is 0.483. The van der Waals surface area contributed by atoms with Gasteiger partial charge in [0.25, 0.3) is 0 Å². The van der Waals surface area contributed by atoms with Gasteiger partial charge in [-0.1, -0.05) is 30.3 Å². The second-order valence-electron chi connectivity index (χ2n) is 5.32. The van der Waals surface area contributed by atoms with Gasteiger partial charge in [-0.2, -0.15) is 0 Å². The molecule has 18 heavy (non-hydrogen) atoms. The molecule has 1 fully saturated rings. The molecule has 0 bridgehead atoms. The third kappa shape index (κ3) is 3.10. The van der Waals surface area contributed by atoms with Crippen LogP contribution in [0.5, 0.6) is 0 Å². The van der Waals surface area contributed by atoms with E-state index in [0.29, 0.717) is 12.1 Å². The maximum atomic E-state index is 5.76. The molecule has 100 valence electrons. The molecule has 2 unspecified atom stereocenters. The van der Waals surface area contributed by atoms with Gasteiger partial charge in [-0.15, -0.1) is 0 Å². The lowest BCUT2D eigenvalue weighted by Crippen LogP contribution is -2.53. The summed E-state index contributed by atoms with van der Waals surface area (Å²) in [6, 6.07) is 11.8. The molecule has 0 radical (unpaired) electrons. The maximum Gasteiger partial charge on any atom is 0.0323 e. The van der Waals surface area contributed by atoms with Gasteiger partial charge in [0.1, 0.15) is 0 Å². The van der Waals surface area contributed by atoms with Crippen molar-refractivity contribution in [2.24, 2.45) is 5.73 Å². The summed E-state index contributed by atoms with van der Waals surface area (Å²) < 4.78 is 0. The molecule has 1 aromatic carbocycles. The highest BCUT2D eigenvalue weighted by Gasteiger charge is 2.28. The standard InChI is InChI=1S/C15H25N3/c1-13(14-6-4-3-5-7-14)18-11-10-17(2)12-15(18)8-9-16/h3-7,13,15H,8-12,16H2,1-2H3. The Balaban J connectivity index is 2.09. The predicted molar refractivity (Wildman–Crippen MR) is 76.5 cm³/mol. The first kappa shape index (κ1) is 13.5. The molecule has 1 aliphatic rings.